The van der Waals surface area contributed by atoms with Crippen molar-refractivity contribution in [3.63, 3.8) is 0 Å². The molecule has 0 spiro atoms. The summed E-state index contributed by atoms with van der Waals surface area (Å²) in [5.41, 5.74) is 0.433. The summed E-state index contributed by atoms with van der Waals surface area (Å²) in [6, 6.07) is 8.65. The highest BCUT2D eigenvalue weighted by Gasteiger charge is 2.31. The molecule has 4 rings (SSSR count). The van der Waals surface area contributed by atoms with Crippen molar-refractivity contribution in [3.8, 4) is 0 Å². The molecule has 8 nitrogen and oxygen atoms in total. The quantitative estimate of drug-likeness (QED) is 0.703. The zero-order valence-corrected chi connectivity index (χ0v) is 15.8. The van der Waals surface area contributed by atoms with E-state index in [-0.39, 0.29) is 30.3 Å². The maximum absolute atomic E-state index is 13.0. The van der Waals surface area contributed by atoms with Crippen molar-refractivity contribution in [3.05, 3.63) is 68.9 Å². The van der Waals surface area contributed by atoms with Crippen LogP contribution in [0.15, 0.2) is 46.1 Å². The molecule has 146 valence electrons. The summed E-state index contributed by atoms with van der Waals surface area (Å²) >= 11 is 0. The van der Waals surface area contributed by atoms with Crippen molar-refractivity contribution >= 4 is 10.9 Å². The topological polar surface area (TPSA) is 93.2 Å². The number of aliphatic hydroxyl groups excluding tert-OH is 1. The van der Waals surface area contributed by atoms with Gasteiger partial charge in [-0.1, -0.05) is 12.1 Å². The molecule has 1 aliphatic rings. The van der Waals surface area contributed by atoms with Crippen molar-refractivity contribution in [1.29, 1.82) is 0 Å². The predicted molar refractivity (Wildman–Crippen MR) is 105 cm³/mol. The van der Waals surface area contributed by atoms with E-state index in [1.807, 2.05) is 18.2 Å². The van der Waals surface area contributed by atoms with Gasteiger partial charge in [-0.25, -0.2) is 9.97 Å². The molecule has 0 saturated carbocycles. The number of aromatic nitrogens is 4. The van der Waals surface area contributed by atoms with E-state index in [0.717, 1.165) is 19.4 Å². The molecule has 3 heterocycles. The number of rotatable bonds is 5. The zero-order chi connectivity index (χ0) is 19.7. The van der Waals surface area contributed by atoms with Crippen LogP contribution in [0.5, 0.6) is 0 Å². The molecule has 28 heavy (non-hydrogen) atoms. The van der Waals surface area contributed by atoms with Crippen LogP contribution in [-0.2, 0) is 20.1 Å². The molecule has 1 unspecified atom stereocenters. The zero-order valence-electron chi connectivity index (χ0n) is 15.8. The van der Waals surface area contributed by atoms with E-state index in [1.54, 1.807) is 22.2 Å². The first-order valence-electron chi connectivity index (χ1n) is 9.45. The normalized spacial score (nSPS) is 17.4. The number of hydrogen-bond donors (Lipinski definition) is 1. The molecule has 8 heteroatoms. The van der Waals surface area contributed by atoms with Crippen LogP contribution in [0.25, 0.3) is 10.9 Å². The Morgan fingerprint density at radius 1 is 1.21 bits per heavy atom. The third kappa shape index (κ3) is 3.25. The summed E-state index contributed by atoms with van der Waals surface area (Å²) in [7, 11) is 1.71. The molecule has 1 aromatic carbocycles. The summed E-state index contributed by atoms with van der Waals surface area (Å²) < 4.78 is 3.13. The van der Waals surface area contributed by atoms with Crippen LogP contribution >= 0.6 is 0 Å². The molecule has 1 N–H and O–H groups in total. The Balaban J connectivity index is 1.77. The Morgan fingerprint density at radius 3 is 2.86 bits per heavy atom. The smallest absolute Gasteiger partial charge is 0.261 e. The number of hydrogen-bond acceptors (Lipinski definition) is 6. The van der Waals surface area contributed by atoms with Gasteiger partial charge < -0.3 is 5.11 Å². The lowest BCUT2D eigenvalue weighted by molar-refractivity contribution is 0.216. The first-order valence-corrected chi connectivity index (χ1v) is 9.45. The van der Waals surface area contributed by atoms with Gasteiger partial charge in [0.2, 0.25) is 0 Å². The van der Waals surface area contributed by atoms with Crippen LogP contribution < -0.4 is 11.1 Å². The predicted octanol–water partition coefficient (Wildman–Crippen LogP) is 0.820. The highest BCUT2D eigenvalue weighted by molar-refractivity contribution is 5.77. The van der Waals surface area contributed by atoms with Gasteiger partial charge in [0, 0.05) is 19.3 Å². The van der Waals surface area contributed by atoms with Gasteiger partial charge in [0.25, 0.3) is 11.1 Å². The first-order chi connectivity index (χ1) is 13.6. The summed E-state index contributed by atoms with van der Waals surface area (Å²) in [4.78, 5) is 36.2. The van der Waals surface area contributed by atoms with Gasteiger partial charge >= 0.3 is 0 Å². The Hall–Kier alpha value is -2.84. The number of fused-ring (bicyclic) bond motifs is 1. The lowest BCUT2D eigenvalue weighted by Crippen LogP contribution is -2.34. The van der Waals surface area contributed by atoms with Crippen molar-refractivity contribution in [2.75, 3.05) is 13.2 Å². The van der Waals surface area contributed by atoms with Crippen LogP contribution in [0.1, 0.15) is 30.5 Å². The van der Waals surface area contributed by atoms with Gasteiger partial charge in [-0.15, -0.1) is 0 Å². The molecule has 1 aliphatic heterocycles. The van der Waals surface area contributed by atoms with Gasteiger partial charge in [0.1, 0.15) is 11.6 Å². The number of benzene rings is 1. The van der Waals surface area contributed by atoms with E-state index in [2.05, 4.69) is 9.88 Å². The maximum atomic E-state index is 13.0. The Morgan fingerprint density at radius 2 is 2.04 bits per heavy atom. The minimum Gasteiger partial charge on any atom is -0.395 e. The number of likely N-dealkylation sites (tertiary alicyclic amines) is 1. The molecule has 1 atom stereocenters. The van der Waals surface area contributed by atoms with E-state index in [0.29, 0.717) is 29.1 Å². The van der Waals surface area contributed by atoms with E-state index in [1.165, 1.54) is 12.3 Å². The monoisotopic (exact) mass is 381 g/mol. The number of para-hydroxylation sites is 1. The number of nitrogens with zero attached hydrogens (tertiary/aromatic N) is 5. The van der Waals surface area contributed by atoms with Crippen molar-refractivity contribution in [2.45, 2.75) is 32.0 Å². The second-order valence-corrected chi connectivity index (χ2v) is 7.05. The lowest BCUT2D eigenvalue weighted by Gasteiger charge is -2.26. The standard InChI is InChI=1S/C20H23N5O3/c1-23-17(21-9-8-18(23)27)13-24-10-4-7-16(24)19-22-15-6-3-2-5-14(15)20(28)25(19)11-12-26/h2-3,5-6,8-9,16,26H,4,7,10-13H2,1H3. The summed E-state index contributed by atoms with van der Waals surface area (Å²) in [5.74, 6) is 1.34. The molecule has 0 bridgehead atoms. The van der Waals surface area contributed by atoms with Crippen molar-refractivity contribution in [2.24, 2.45) is 7.05 Å². The fourth-order valence-electron chi connectivity index (χ4n) is 3.90. The molecule has 3 aromatic rings. The van der Waals surface area contributed by atoms with Crippen LogP contribution in [0.2, 0.25) is 0 Å². The van der Waals surface area contributed by atoms with Crippen LogP contribution in [0.3, 0.4) is 0 Å². The van der Waals surface area contributed by atoms with Crippen molar-refractivity contribution in [1.82, 2.24) is 24.0 Å². The van der Waals surface area contributed by atoms with Gasteiger partial charge in [-0.05, 0) is 31.5 Å². The average molecular weight is 381 g/mol. The van der Waals surface area contributed by atoms with E-state index < -0.39 is 0 Å². The van der Waals surface area contributed by atoms with Gasteiger partial charge in [-0.3, -0.25) is 23.6 Å². The SMILES string of the molecule is Cn1c(CN2CCCC2c2nc3ccccc3c(=O)n2CCO)nccc1=O. The molecule has 0 amide bonds. The minimum atomic E-state index is -0.133. The van der Waals surface area contributed by atoms with E-state index in [4.69, 9.17) is 4.98 Å². The molecule has 0 radical (unpaired) electrons. The molecule has 2 aromatic heterocycles. The molecular formula is C20H23N5O3. The minimum absolute atomic E-state index is 0.0686. The van der Waals surface area contributed by atoms with Crippen LogP contribution in [0.4, 0.5) is 0 Å². The van der Waals surface area contributed by atoms with Gasteiger partial charge in [0.15, 0.2) is 0 Å². The first kappa shape index (κ1) is 18.5. The second-order valence-electron chi connectivity index (χ2n) is 7.05. The third-order valence-electron chi connectivity index (χ3n) is 5.38. The lowest BCUT2D eigenvalue weighted by atomic mass is 10.1. The fourth-order valence-corrected chi connectivity index (χ4v) is 3.90. The maximum Gasteiger partial charge on any atom is 0.261 e. The largest absolute Gasteiger partial charge is 0.395 e. The summed E-state index contributed by atoms with van der Waals surface area (Å²) in [5, 5.41) is 10.1. The average Bonchev–Trinajstić information content (AvgIpc) is 3.15. The van der Waals surface area contributed by atoms with E-state index >= 15 is 0 Å². The Kier molecular flexibility index (Phi) is 5.06. The Labute approximate surface area is 161 Å². The second kappa shape index (κ2) is 7.65. The van der Waals surface area contributed by atoms with Gasteiger partial charge in [0.05, 0.1) is 36.6 Å². The van der Waals surface area contributed by atoms with Crippen LogP contribution in [0, 0.1) is 0 Å². The summed E-state index contributed by atoms with van der Waals surface area (Å²) in [6.45, 7) is 1.41. The fraction of sp³-hybridized carbons (Fsp3) is 0.400. The molecular weight excluding hydrogens is 358 g/mol. The van der Waals surface area contributed by atoms with Gasteiger partial charge in [-0.2, -0.15) is 0 Å². The Bertz CT molecular complexity index is 1120. The van der Waals surface area contributed by atoms with E-state index in [9.17, 15) is 14.7 Å². The van der Waals surface area contributed by atoms with Crippen LogP contribution in [-0.4, -0.2) is 42.3 Å². The third-order valence-corrected chi connectivity index (χ3v) is 5.38. The summed E-state index contributed by atoms with van der Waals surface area (Å²) in [6.07, 6.45) is 3.35. The highest BCUT2D eigenvalue weighted by atomic mass is 16.3. The van der Waals surface area contributed by atoms with Crippen molar-refractivity contribution < 1.29 is 5.11 Å². The number of aliphatic hydroxyl groups is 1. The highest BCUT2D eigenvalue weighted by Crippen LogP contribution is 2.32. The molecule has 0 aliphatic carbocycles. The molecule has 1 fully saturated rings. The molecule has 1 saturated heterocycles.